The summed E-state index contributed by atoms with van der Waals surface area (Å²) in [5, 5.41) is 2.52. The number of fused-ring (bicyclic) bond motifs is 6. The third-order valence-corrected chi connectivity index (χ3v) is 12.3. The van der Waals surface area contributed by atoms with Gasteiger partial charge in [0, 0.05) is 44.5 Å². The Kier molecular flexibility index (Phi) is 7.97. The van der Waals surface area contributed by atoms with Gasteiger partial charge in [0.1, 0.15) is 0 Å². The zero-order valence-electron chi connectivity index (χ0n) is 32.6. The van der Waals surface area contributed by atoms with Crippen molar-refractivity contribution in [2.75, 3.05) is 0 Å². The van der Waals surface area contributed by atoms with Crippen molar-refractivity contribution in [1.82, 2.24) is 14.5 Å². The molecule has 2 aromatic heterocycles. The maximum absolute atomic E-state index is 5.35. The van der Waals surface area contributed by atoms with Crippen molar-refractivity contribution in [2.45, 2.75) is 31.6 Å². The van der Waals surface area contributed by atoms with Crippen molar-refractivity contribution in [3.8, 4) is 61.8 Å². The average Bonchev–Trinajstić information content (AvgIpc) is 3.73. The highest BCUT2D eigenvalue weighted by molar-refractivity contribution is 6.11. The Bertz CT molecular complexity index is 3120. The fraction of sp³-hybridized carbons (Fsp3) is 0.0909. The van der Waals surface area contributed by atoms with E-state index in [4.69, 9.17) is 9.97 Å². The van der Waals surface area contributed by atoms with Gasteiger partial charge >= 0.3 is 0 Å². The maximum Gasteiger partial charge on any atom is 0.160 e. The van der Waals surface area contributed by atoms with Gasteiger partial charge in [-0.05, 0) is 93.9 Å². The number of benzene rings is 7. The van der Waals surface area contributed by atoms with Crippen molar-refractivity contribution in [1.29, 1.82) is 0 Å². The first kappa shape index (κ1) is 34.2. The van der Waals surface area contributed by atoms with E-state index >= 15 is 0 Å². The summed E-state index contributed by atoms with van der Waals surface area (Å²) in [6, 6.07) is 61.6. The van der Waals surface area contributed by atoms with Crippen LogP contribution in [0, 0.1) is 0 Å². The Labute approximate surface area is 339 Å². The van der Waals surface area contributed by atoms with Crippen LogP contribution in [0.5, 0.6) is 0 Å². The van der Waals surface area contributed by atoms with Crippen LogP contribution in [0.4, 0.5) is 0 Å². The van der Waals surface area contributed by atoms with Crippen molar-refractivity contribution in [2.24, 2.45) is 0 Å². The molecule has 0 N–H and O–H groups in total. The summed E-state index contributed by atoms with van der Waals surface area (Å²) >= 11 is 0. The number of allylic oxidation sites excluding steroid dienone is 4. The van der Waals surface area contributed by atoms with Crippen molar-refractivity contribution < 1.29 is 0 Å². The summed E-state index contributed by atoms with van der Waals surface area (Å²) in [7, 11) is 0. The van der Waals surface area contributed by atoms with Gasteiger partial charge in [0.2, 0.25) is 0 Å². The molecule has 2 heterocycles. The summed E-state index contributed by atoms with van der Waals surface area (Å²) in [6.07, 6.45) is 9.78. The smallest absolute Gasteiger partial charge is 0.160 e. The molecule has 3 heteroatoms. The molecule has 7 aromatic carbocycles. The van der Waals surface area contributed by atoms with Gasteiger partial charge in [-0.15, -0.1) is 0 Å². The van der Waals surface area contributed by atoms with E-state index < -0.39 is 0 Å². The van der Waals surface area contributed by atoms with Crippen molar-refractivity contribution >= 4 is 21.8 Å². The third-order valence-electron chi connectivity index (χ3n) is 12.3. The van der Waals surface area contributed by atoms with Gasteiger partial charge in [-0.1, -0.05) is 159 Å². The Morgan fingerprint density at radius 3 is 2.05 bits per heavy atom. The summed E-state index contributed by atoms with van der Waals surface area (Å²) in [6.45, 7) is 4.71. The molecule has 0 bridgehead atoms. The largest absolute Gasteiger partial charge is 0.309 e. The van der Waals surface area contributed by atoms with Crippen LogP contribution in [-0.4, -0.2) is 14.5 Å². The molecule has 0 amide bonds. The van der Waals surface area contributed by atoms with Crippen LogP contribution < -0.4 is 0 Å². The highest BCUT2D eigenvalue weighted by Crippen LogP contribution is 2.51. The molecular weight excluding hydrogens is 703 g/mol. The quantitative estimate of drug-likeness (QED) is 0.170. The van der Waals surface area contributed by atoms with Crippen LogP contribution in [-0.2, 0) is 5.41 Å². The topological polar surface area (TPSA) is 30.7 Å². The van der Waals surface area contributed by atoms with Crippen LogP contribution >= 0.6 is 0 Å². The highest BCUT2D eigenvalue weighted by Gasteiger charge is 2.36. The SMILES string of the molecule is CC1(C)c2ccccc2-c2cc3c4ccccc4n(-c4cccc(-c5cc(-c6cccc(-c7ccccc7)c6)nc(-c6cccc(C7C=CC=CC7)c6)n5)c4)c3cc21. The number of nitrogens with zero attached hydrogens (tertiary/aromatic N) is 3. The molecule has 9 aromatic rings. The Morgan fingerprint density at radius 2 is 1.21 bits per heavy atom. The van der Waals surface area contributed by atoms with E-state index in [1.54, 1.807) is 0 Å². The molecule has 276 valence electrons. The van der Waals surface area contributed by atoms with E-state index in [0.717, 1.165) is 51.6 Å². The lowest BCUT2D eigenvalue weighted by Crippen LogP contribution is -2.14. The molecule has 0 aliphatic heterocycles. The first-order chi connectivity index (χ1) is 28.5. The molecule has 1 atom stereocenters. The molecular formula is C55H41N3. The van der Waals surface area contributed by atoms with Crippen LogP contribution in [0.1, 0.15) is 42.9 Å². The third kappa shape index (κ3) is 5.65. The fourth-order valence-electron chi connectivity index (χ4n) is 9.34. The van der Waals surface area contributed by atoms with Crippen LogP contribution in [0.15, 0.2) is 194 Å². The van der Waals surface area contributed by atoms with Gasteiger partial charge in [0.15, 0.2) is 5.82 Å². The Morgan fingerprint density at radius 1 is 0.500 bits per heavy atom. The van der Waals surface area contributed by atoms with E-state index in [-0.39, 0.29) is 5.41 Å². The summed E-state index contributed by atoms with van der Waals surface area (Å²) in [5.74, 6) is 1.05. The molecule has 2 aliphatic carbocycles. The zero-order chi connectivity index (χ0) is 38.8. The van der Waals surface area contributed by atoms with E-state index in [0.29, 0.717) is 5.92 Å². The molecule has 0 saturated carbocycles. The molecule has 1 unspecified atom stereocenters. The number of rotatable bonds is 6. The number of hydrogen-bond donors (Lipinski definition) is 0. The lowest BCUT2D eigenvalue weighted by atomic mass is 9.82. The lowest BCUT2D eigenvalue weighted by molar-refractivity contribution is 0.661. The predicted octanol–water partition coefficient (Wildman–Crippen LogP) is 14.1. The molecule has 0 saturated heterocycles. The second-order valence-electron chi connectivity index (χ2n) is 16.2. The summed E-state index contributed by atoms with van der Waals surface area (Å²) in [5.41, 5.74) is 17.3. The second kappa shape index (κ2) is 13.5. The molecule has 0 fully saturated rings. The fourth-order valence-corrected chi connectivity index (χ4v) is 9.34. The first-order valence-corrected chi connectivity index (χ1v) is 20.3. The molecule has 58 heavy (non-hydrogen) atoms. The minimum absolute atomic E-state index is 0.101. The highest BCUT2D eigenvalue weighted by atomic mass is 15.0. The number of para-hydroxylation sites is 1. The van der Waals surface area contributed by atoms with E-state index in [9.17, 15) is 0 Å². The average molecular weight is 744 g/mol. The Hall–Kier alpha value is -7.10. The molecule has 0 spiro atoms. The van der Waals surface area contributed by atoms with Gasteiger partial charge < -0.3 is 4.57 Å². The van der Waals surface area contributed by atoms with E-state index in [1.807, 2.05) is 0 Å². The molecule has 11 rings (SSSR count). The molecule has 2 aliphatic rings. The van der Waals surface area contributed by atoms with Crippen molar-refractivity contribution in [3.63, 3.8) is 0 Å². The van der Waals surface area contributed by atoms with E-state index in [1.165, 1.54) is 55.2 Å². The number of hydrogen-bond acceptors (Lipinski definition) is 2. The van der Waals surface area contributed by atoms with Gasteiger partial charge in [0.25, 0.3) is 0 Å². The van der Waals surface area contributed by atoms with Gasteiger partial charge in [-0.2, -0.15) is 0 Å². The predicted molar refractivity (Wildman–Crippen MR) is 241 cm³/mol. The van der Waals surface area contributed by atoms with Crippen LogP contribution in [0.25, 0.3) is 83.6 Å². The molecule has 3 nitrogen and oxygen atoms in total. The van der Waals surface area contributed by atoms with Crippen LogP contribution in [0.2, 0.25) is 0 Å². The summed E-state index contributed by atoms with van der Waals surface area (Å²) in [4.78, 5) is 10.6. The normalized spacial score (nSPS) is 15.2. The minimum Gasteiger partial charge on any atom is -0.309 e. The van der Waals surface area contributed by atoms with Gasteiger partial charge in [-0.3, -0.25) is 0 Å². The zero-order valence-corrected chi connectivity index (χ0v) is 32.6. The first-order valence-electron chi connectivity index (χ1n) is 20.3. The van der Waals surface area contributed by atoms with Crippen molar-refractivity contribution in [3.05, 3.63) is 211 Å². The number of aromatic nitrogens is 3. The minimum atomic E-state index is -0.101. The van der Waals surface area contributed by atoms with Crippen LogP contribution in [0.3, 0.4) is 0 Å². The van der Waals surface area contributed by atoms with E-state index in [2.05, 4.69) is 213 Å². The maximum atomic E-state index is 5.35. The molecule has 0 radical (unpaired) electrons. The standard InChI is InChI=1S/C55H41N3/c1-55(2)48-28-11-9-26-44(48)46-33-47-45-27-10-12-29-52(45)58(53(47)34-49(46)55)43-25-15-23-41(32-43)51-35-50(40-22-13-20-38(30-40)36-16-5-3-6-17-36)56-54(57-51)42-24-14-21-39(31-42)37-18-7-4-8-19-37/h3-18,20-35,37H,19H2,1-2H3. The van der Waals surface area contributed by atoms with Gasteiger partial charge in [0.05, 0.1) is 22.4 Å². The van der Waals surface area contributed by atoms with Gasteiger partial charge in [-0.25, -0.2) is 9.97 Å². The Balaban J connectivity index is 1.08. The monoisotopic (exact) mass is 743 g/mol. The summed E-state index contributed by atoms with van der Waals surface area (Å²) < 4.78 is 2.44. The lowest BCUT2D eigenvalue weighted by Gasteiger charge is -2.21. The second-order valence-corrected chi connectivity index (χ2v) is 16.2.